The maximum Gasteiger partial charge on any atom is 0.128 e. The molecule has 0 aliphatic heterocycles. The molecule has 16 heavy (non-hydrogen) atoms. The van der Waals surface area contributed by atoms with Gasteiger partial charge >= 0.3 is 0 Å². The molecule has 0 amide bonds. The summed E-state index contributed by atoms with van der Waals surface area (Å²) in [6, 6.07) is 9.99. The first-order valence-electron chi connectivity index (χ1n) is 5.12. The molecule has 0 aliphatic rings. The third-order valence-corrected chi connectivity index (χ3v) is 2.80. The maximum absolute atomic E-state index is 5.22. The van der Waals surface area contributed by atoms with Crippen LogP contribution in [0.25, 0.3) is 11.3 Å². The molecule has 3 nitrogen and oxygen atoms in total. The van der Waals surface area contributed by atoms with Crippen molar-refractivity contribution in [2.24, 2.45) is 0 Å². The van der Waals surface area contributed by atoms with E-state index in [9.17, 15) is 0 Å². The van der Waals surface area contributed by atoms with E-state index in [0.29, 0.717) is 0 Å². The highest BCUT2D eigenvalue weighted by Gasteiger charge is 2.07. The normalized spacial score (nSPS) is 10.4. The minimum absolute atomic E-state index is 0.845. The molecule has 0 spiro atoms. The first-order chi connectivity index (χ1) is 7.74. The van der Waals surface area contributed by atoms with Crippen molar-refractivity contribution in [3.8, 4) is 17.0 Å². The minimum atomic E-state index is 0.845. The molecule has 2 rings (SSSR count). The van der Waals surface area contributed by atoms with Crippen LogP contribution in [0.5, 0.6) is 5.75 Å². The number of methoxy groups -OCH3 is 1. The molecular formula is C12H13BrN2O. The fourth-order valence-electron chi connectivity index (χ4n) is 1.64. The van der Waals surface area contributed by atoms with Crippen molar-refractivity contribution >= 4 is 15.9 Å². The number of aromatic nitrogens is 2. The second-order valence-electron chi connectivity index (χ2n) is 3.40. The molecule has 0 radical (unpaired) electrons. The number of hydrogen-bond donors (Lipinski definition) is 0. The van der Waals surface area contributed by atoms with Gasteiger partial charge in [-0.15, -0.1) is 0 Å². The van der Waals surface area contributed by atoms with E-state index >= 15 is 0 Å². The van der Waals surface area contributed by atoms with Gasteiger partial charge in [0.05, 0.1) is 12.8 Å². The molecule has 2 aromatic rings. The van der Waals surface area contributed by atoms with Gasteiger partial charge in [-0.2, -0.15) is 5.10 Å². The molecule has 0 fully saturated rings. The van der Waals surface area contributed by atoms with Gasteiger partial charge in [0.2, 0.25) is 0 Å². The Morgan fingerprint density at radius 3 is 2.88 bits per heavy atom. The third kappa shape index (κ3) is 2.11. The first-order valence-corrected chi connectivity index (χ1v) is 5.91. The van der Waals surface area contributed by atoms with Gasteiger partial charge < -0.3 is 4.74 Å². The quantitative estimate of drug-likeness (QED) is 0.862. The van der Waals surface area contributed by atoms with Gasteiger partial charge in [-0.3, -0.25) is 4.68 Å². The van der Waals surface area contributed by atoms with Gasteiger partial charge in [-0.05, 0) is 41.1 Å². The Kier molecular flexibility index (Phi) is 3.29. The van der Waals surface area contributed by atoms with Crippen LogP contribution >= 0.6 is 15.9 Å². The van der Waals surface area contributed by atoms with Crippen LogP contribution in [0, 0.1) is 0 Å². The topological polar surface area (TPSA) is 27.1 Å². The highest BCUT2D eigenvalue weighted by Crippen LogP contribution is 2.26. The zero-order valence-corrected chi connectivity index (χ0v) is 10.9. The zero-order valence-electron chi connectivity index (χ0n) is 9.27. The first kappa shape index (κ1) is 11.2. The summed E-state index contributed by atoms with van der Waals surface area (Å²) in [7, 11) is 1.67. The molecule has 1 aromatic heterocycles. The fraction of sp³-hybridized carbons (Fsp3) is 0.250. The summed E-state index contributed by atoms with van der Waals surface area (Å²) in [6.07, 6.45) is 0. The Morgan fingerprint density at radius 1 is 1.38 bits per heavy atom. The molecule has 0 atom stereocenters. The van der Waals surface area contributed by atoms with Crippen LogP contribution in [0.3, 0.4) is 0 Å². The Hall–Kier alpha value is -1.29. The lowest BCUT2D eigenvalue weighted by molar-refractivity contribution is 0.415. The predicted molar refractivity (Wildman–Crippen MR) is 67.6 cm³/mol. The Balaban J connectivity index is 2.48. The van der Waals surface area contributed by atoms with E-state index in [2.05, 4.69) is 34.0 Å². The van der Waals surface area contributed by atoms with Crippen LogP contribution in [-0.4, -0.2) is 16.9 Å². The summed E-state index contributed by atoms with van der Waals surface area (Å²) in [5, 5.41) is 4.35. The molecule has 0 saturated carbocycles. The SMILES string of the molecule is CCn1nc(Br)cc1-c1cccc(OC)c1. The summed E-state index contributed by atoms with van der Waals surface area (Å²) in [5.41, 5.74) is 2.20. The fourth-order valence-corrected chi connectivity index (χ4v) is 2.05. The van der Waals surface area contributed by atoms with Crippen molar-refractivity contribution in [2.45, 2.75) is 13.5 Å². The molecule has 0 aliphatic carbocycles. The van der Waals surface area contributed by atoms with Gasteiger partial charge in [-0.1, -0.05) is 12.1 Å². The number of halogens is 1. The van der Waals surface area contributed by atoms with E-state index in [4.69, 9.17) is 4.74 Å². The smallest absolute Gasteiger partial charge is 0.128 e. The van der Waals surface area contributed by atoms with E-state index in [-0.39, 0.29) is 0 Å². The van der Waals surface area contributed by atoms with Gasteiger partial charge in [0.1, 0.15) is 10.4 Å². The number of hydrogen-bond acceptors (Lipinski definition) is 2. The lowest BCUT2D eigenvalue weighted by atomic mass is 10.1. The zero-order chi connectivity index (χ0) is 11.5. The van der Waals surface area contributed by atoms with E-state index in [0.717, 1.165) is 28.2 Å². The molecule has 0 N–H and O–H groups in total. The summed E-state index contributed by atoms with van der Waals surface area (Å²) in [5.74, 6) is 0.859. The average Bonchev–Trinajstić information content (AvgIpc) is 2.70. The summed E-state index contributed by atoms with van der Waals surface area (Å²) in [4.78, 5) is 0. The molecular weight excluding hydrogens is 268 g/mol. The van der Waals surface area contributed by atoms with Crippen molar-refractivity contribution in [3.63, 3.8) is 0 Å². The van der Waals surface area contributed by atoms with E-state index in [1.807, 2.05) is 28.9 Å². The number of rotatable bonds is 3. The van der Waals surface area contributed by atoms with Crippen molar-refractivity contribution < 1.29 is 4.74 Å². The number of nitrogens with zero attached hydrogens (tertiary/aromatic N) is 2. The average molecular weight is 281 g/mol. The molecule has 1 heterocycles. The molecule has 4 heteroatoms. The van der Waals surface area contributed by atoms with Crippen molar-refractivity contribution in [3.05, 3.63) is 34.9 Å². The van der Waals surface area contributed by atoms with Crippen molar-refractivity contribution in [1.29, 1.82) is 0 Å². The largest absolute Gasteiger partial charge is 0.497 e. The summed E-state index contributed by atoms with van der Waals surface area (Å²) >= 11 is 3.39. The van der Waals surface area contributed by atoms with Gasteiger partial charge in [-0.25, -0.2) is 0 Å². The monoisotopic (exact) mass is 280 g/mol. The van der Waals surface area contributed by atoms with Gasteiger partial charge in [0.15, 0.2) is 0 Å². The molecule has 0 bridgehead atoms. The van der Waals surface area contributed by atoms with E-state index < -0.39 is 0 Å². The molecule has 0 saturated heterocycles. The predicted octanol–water partition coefficient (Wildman–Crippen LogP) is 3.34. The van der Waals surface area contributed by atoms with Crippen LogP contribution in [0.2, 0.25) is 0 Å². The Bertz CT molecular complexity index is 494. The van der Waals surface area contributed by atoms with Gasteiger partial charge in [0.25, 0.3) is 0 Å². The van der Waals surface area contributed by atoms with Crippen LogP contribution < -0.4 is 4.74 Å². The number of benzene rings is 1. The maximum atomic E-state index is 5.22. The van der Waals surface area contributed by atoms with Crippen LogP contribution in [0.15, 0.2) is 34.9 Å². The highest BCUT2D eigenvalue weighted by atomic mass is 79.9. The lowest BCUT2D eigenvalue weighted by Crippen LogP contribution is -1.98. The highest BCUT2D eigenvalue weighted by molar-refractivity contribution is 9.10. The van der Waals surface area contributed by atoms with Crippen LogP contribution in [0.4, 0.5) is 0 Å². The Morgan fingerprint density at radius 2 is 2.19 bits per heavy atom. The van der Waals surface area contributed by atoms with Crippen molar-refractivity contribution in [1.82, 2.24) is 9.78 Å². The summed E-state index contributed by atoms with van der Waals surface area (Å²) < 4.78 is 8.03. The van der Waals surface area contributed by atoms with Crippen LogP contribution in [0.1, 0.15) is 6.92 Å². The molecule has 1 aromatic carbocycles. The second-order valence-corrected chi connectivity index (χ2v) is 4.21. The third-order valence-electron chi connectivity index (χ3n) is 2.42. The van der Waals surface area contributed by atoms with Gasteiger partial charge in [0, 0.05) is 12.1 Å². The molecule has 84 valence electrons. The summed E-state index contributed by atoms with van der Waals surface area (Å²) in [6.45, 7) is 2.92. The van der Waals surface area contributed by atoms with Crippen LogP contribution in [-0.2, 0) is 6.54 Å². The molecule has 0 unspecified atom stereocenters. The standard InChI is InChI=1S/C12H13BrN2O/c1-3-15-11(8-12(13)14-15)9-5-4-6-10(7-9)16-2/h4-8H,3H2,1-2H3. The van der Waals surface area contributed by atoms with E-state index in [1.165, 1.54) is 0 Å². The Labute approximate surface area is 103 Å². The van der Waals surface area contributed by atoms with E-state index in [1.54, 1.807) is 7.11 Å². The second kappa shape index (κ2) is 4.70. The lowest BCUT2D eigenvalue weighted by Gasteiger charge is -2.06. The number of ether oxygens (including phenoxy) is 1. The van der Waals surface area contributed by atoms with Crippen molar-refractivity contribution in [2.75, 3.05) is 7.11 Å². The minimum Gasteiger partial charge on any atom is -0.497 e. The number of aryl methyl sites for hydroxylation is 1.